The molecule has 0 aliphatic rings. The minimum absolute atomic E-state index is 0.233. The highest BCUT2D eigenvalue weighted by atomic mass is 16.4. The van der Waals surface area contributed by atoms with Gasteiger partial charge in [-0.25, -0.2) is 4.79 Å². The molecule has 0 amide bonds. The lowest BCUT2D eigenvalue weighted by Crippen LogP contribution is -2.16. The molecule has 0 aliphatic carbocycles. The standard InChI is InChI=1S/C15H14N2O4/c1-10-2-4-11(5-3-10)8-17-9-12(7-16-17)13(18)6-14(19)15(20)21/h2-5,7,9H,6,8H2,1H3,(H,20,21). The Morgan fingerprint density at radius 2 is 1.86 bits per heavy atom. The number of aliphatic carboxylic acids is 1. The first kappa shape index (κ1) is 14.6. The number of hydrogen-bond acceptors (Lipinski definition) is 4. The number of carbonyl (C=O) groups is 3. The molecule has 0 bridgehead atoms. The SMILES string of the molecule is Cc1ccc(Cn2cc(C(=O)CC(=O)C(=O)O)cn2)cc1. The van der Waals surface area contributed by atoms with Crippen LogP contribution in [0, 0.1) is 6.92 Å². The van der Waals surface area contributed by atoms with Gasteiger partial charge in [0.25, 0.3) is 0 Å². The molecule has 0 spiro atoms. The fraction of sp³-hybridized carbons (Fsp3) is 0.200. The van der Waals surface area contributed by atoms with E-state index in [0.29, 0.717) is 6.54 Å². The summed E-state index contributed by atoms with van der Waals surface area (Å²) in [6.45, 7) is 2.49. The molecule has 1 aromatic carbocycles. The number of nitrogens with zero attached hydrogens (tertiary/aromatic N) is 2. The fourth-order valence-corrected chi connectivity index (χ4v) is 1.80. The van der Waals surface area contributed by atoms with Gasteiger partial charge in [0.15, 0.2) is 5.78 Å². The maximum Gasteiger partial charge on any atom is 0.372 e. The average Bonchev–Trinajstić information content (AvgIpc) is 2.90. The van der Waals surface area contributed by atoms with Crippen molar-refractivity contribution in [1.29, 1.82) is 0 Å². The lowest BCUT2D eigenvalue weighted by atomic mass is 10.1. The van der Waals surface area contributed by atoms with Gasteiger partial charge in [-0.2, -0.15) is 5.10 Å². The van der Waals surface area contributed by atoms with E-state index in [9.17, 15) is 14.4 Å². The number of aryl methyl sites for hydroxylation is 1. The van der Waals surface area contributed by atoms with Gasteiger partial charge in [0.2, 0.25) is 5.78 Å². The molecular formula is C15H14N2O4. The first-order chi connectivity index (χ1) is 9.95. The van der Waals surface area contributed by atoms with Gasteiger partial charge in [-0.05, 0) is 12.5 Å². The van der Waals surface area contributed by atoms with Crippen molar-refractivity contribution in [2.24, 2.45) is 0 Å². The summed E-state index contributed by atoms with van der Waals surface area (Å²) >= 11 is 0. The summed E-state index contributed by atoms with van der Waals surface area (Å²) in [5.41, 5.74) is 2.42. The van der Waals surface area contributed by atoms with Gasteiger partial charge in [0, 0.05) is 6.20 Å². The summed E-state index contributed by atoms with van der Waals surface area (Å²) in [5, 5.41) is 12.5. The number of Topliss-reactive ketones (excluding diaryl/α,β-unsaturated/α-hetero) is 2. The van der Waals surface area contributed by atoms with Crippen molar-refractivity contribution in [2.75, 3.05) is 0 Å². The van der Waals surface area contributed by atoms with Crippen LogP contribution in [0.15, 0.2) is 36.7 Å². The molecule has 21 heavy (non-hydrogen) atoms. The third kappa shape index (κ3) is 3.85. The van der Waals surface area contributed by atoms with Crippen LogP contribution < -0.4 is 0 Å². The maximum absolute atomic E-state index is 11.7. The van der Waals surface area contributed by atoms with E-state index in [2.05, 4.69) is 5.10 Å². The first-order valence-electron chi connectivity index (χ1n) is 6.33. The zero-order valence-electron chi connectivity index (χ0n) is 11.4. The van der Waals surface area contributed by atoms with E-state index >= 15 is 0 Å². The molecule has 2 rings (SSSR count). The molecule has 2 aromatic rings. The van der Waals surface area contributed by atoms with E-state index in [0.717, 1.165) is 11.1 Å². The van der Waals surface area contributed by atoms with Crippen molar-refractivity contribution >= 4 is 17.5 Å². The molecule has 1 aromatic heterocycles. The number of benzene rings is 1. The van der Waals surface area contributed by atoms with E-state index in [1.807, 2.05) is 31.2 Å². The lowest BCUT2D eigenvalue weighted by molar-refractivity contribution is -0.148. The molecule has 0 aliphatic heterocycles. The van der Waals surface area contributed by atoms with Gasteiger partial charge in [-0.15, -0.1) is 0 Å². The van der Waals surface area contributed by atoms with E-state index in [4.69, 9.17) is 5.11 Å². The molecule has 0 fully saturated rings. The molecular weight excluding hydrogens is 272 g/mol. The van der Waals surface area contributed by atoms with Crippen LogP contribution in [0.5, 0.6) is 0 Å². The third-order valence-corrected chi connectivity index (χ3v) is 2.98. The summed E-state index contributed by atoms with van der Waals surface area (Å²) in [7, 11) is 0. The Morgan fingerprint density at radius 3 is 2.48 bits per heavy atom. The monoisotopic (exact) mass is 286 g/mol. The number of carboxylic acids is 1. The molecule has 108 valence electrons. The molecule has 0 saturated carbocycles. The van der Waals surface area contributed by atoms with E-state index < -0.39 is 24.0 Å². The molecule has 1 heterocycles. The Morgan fingerprint density at radius 1 is 1.19 bits per heavy atom. The molecule has 6 heteroatoms. The van der Waals surface area contributed by atoms with Gasteiger partial charge in [-0.1, -0.05) is 29.8 Å². The van der Waals surface area contributed by atoms with Crippen molar-refractivity contribution in [3.8, 4) is 0 Å². The van der Waals surface area contributed by atoms with Crippen molar-refractivity contribution < 1.29 is 19.5 Å². The van der Waals surface area contributed by atoms with Crippen LogP contribution in [0.4, 0.5) is 0 Å². The van der Waals surface area contributed by atoms with Crippen molar-refractivity contribution in [3.05, 3.63) is 53.3 Å². The van der Waals surface area contributed by atoms with Gasteiger partial charge in [0.1, 0.15) is 0 Å². The number of rotatable bonds is 6. The smallest absolute Gasteiger partial charge is 0.372 e. The van der Waals surface area contributed by atoms with Crippen molar-refractivity contribution in [2.45, 2.75) is 19.9 Å². The largest absolute Gasteiger partial charge is 0.475 e. The highest BCUT2D eigenvalue weighted by molar-refractivity contribution is 6.37. The van der Waals surface area contributed by atoms with Gasteiger partial charge < -0.3 is 5.11 Å². The molecule has 0 saturated heterocycles. The van der Waals surface area contributed by atoms with E-state index in [-0.39, 0.29) is 5.56 Å². The van der Waals surface area contributed by atoms with E-state index in [1.54, 1.807) is 4.68 Å². The lowest BCUT2D eigenvalue weighted by Gasteiger charge is -2.02. The van der Waals surface area contributed by atoms with Crippen LogP contribution in [0.25, 0.3) is 0 Å². The van der Waals surface area contributed by atoms with Crippen LogP contribution in [0.2, 0.25) is 0 Å². The van der Waals surface area contributed by atoms with E-state index in [1.165, 1.54) is 12.4 Å². The molecule has 0 atom stereocenters. The highest BCUT2D eigenvalue weighted by Crippen LogP contribution is 2.08. The van der Waals surface area contributed by atoms with Gasteiger partial charge in [0.05, 0.1) is 24.7 Å². The molecule has 0 radical (unpaired) electrons. The maximum atomic E-state index is 11.7. The number of aromatic nitrogens is 2. The highest BCUT2D eigenvalue weighted by Gasteiger charge is 2.18. The van der Waals surface area contributed by atoms with Gasteiger partial charge in [-0.3, -0.25) is 14.3 Å². The summed E-state index contributed by atoms with van der Waals surface area (Å²) in [6, 6.07) is 7.89. The Labute approximate surface area is 121 Å². The number of hydrogen-bond donors (Lipinski definition) is 1. The average molecular weight is 286 g/mol. The number of carbonyl (C=O) groups excluding carboxylic acids is 2. The predicted octanol–water partition coefficient (Wildman–Crippen LogP) is 1.47. The number of carboxylic acid groups (broad SMARTS) is 1. The summed E-state index contributed by atoms with van der Waals surface area (Å²) < 4.78 is 1.57. The molecule has 1 N–H and O–H groups in total. The zero-order valence-corrected chi connectivity index (χ0v) is 11.4. The van der Waals surface area contributed by atoms with Crippen LogP contribution in [-0.4, -0.2) is 32.4 Å². The second kappa shape index (κ2) is 6.13. The van der Waals surface area contributed by atoms with Crippen LogP contribution in [-0.2, 0) is 16.1 Å². The topological polar surface area (TPSA) is 89.3 Å². The van der Waals surface area contributed by atoms with Crippen LogP contribution in [0.3, 0.4) is 0 Å². The summed E-state index contributed by atoms with van der Waals surface area (Å²) in [5.74, 6) is -3.26. The Balaban J connectivity index is 2.04. The van der Waals surface area contributed by atoms with Crippen molar-refractivity contribution in [1.82, 2.24) is 9.78 Å². The van der Waals surface area contributed by atoms with Crippen LogP contribution >= 0.6 is 0 Å². The summed E-state index contributed by atoms with van der Waals surface area (Å²) in [4.78, 5) is 33.2. The second-order valence-electron chi connectivity index (χ2n) is 4.74. The van der Waals surface area contributed by atoms with Gasteiger partial charge >= 0.3 is 5.97 Å². The van der Waals surface area contributed by atoms with Crippen LogP contribution in [0.1, 0.15) is 27.9 Å². The Kier molecular flexibility index (Phi) is 4.27. The zero-order chi connectivity index (χ0) is 15.4. The number of ketones is 2. The minimum atomic E-state index is -1.60. The summed E-state index contributed by atoms with van der Waals surface area (Å²) in [6.07, 6.45) is 2.20. The minimum Gasteiger partial charge on any atom is -0.475 e. The Hall–Kier alpha value is -2.76. The normalized spacial score (nSPS) is 10.3. The molecule has 0 unspecified atom stereocenters. The quantitative estimate of drug-likeness (QED) is 0.493. The molecule has 6 nitrogen and oxygen atoms in total. The second-order valence-corrected chi connectivity index (χ2v) is 4.74. The third-order valence-electron chi connectivity index (χ3n) is 2.98. The first-order valence-corrected chi connectivity index (χ1v) is 6.33. The Bertz CT molecular complexity index is 686. The fourth-order valence-electron chi connectivity index (χ4n) is 1.80. The predicted molar refractivity (Wildman–Crippen MR) is 74.1 cm³/mol. The van der Waals surface area contributed by atoms with Crippen molar-refractivity contribution in [3.63, 3.8) is 0 Å².